The Morgan fingerprint density at radius 1 is 1.03 bits per heavy atom. The molecule has 29 heavy (non-hydrogen) atoms. The maximum absolute atomic E-state index is 13.3. The number of pyridine rings is 1. The Kier molecular flexibility index (Phi) is 4.35. The Hall–Kier alpha value is -2.67. The highest BCUT2D eigenvalue weighted by Gasteiger charge is 2.52. The molecule has 0 saturated carbocycles. The van der Waals surface area contributed by atoms with Gasteiger partial charge >= 0.3 is 7.12 Å². The molecule has 1 aliphatic rings. The molecule has 4 rings (SSSR count). The fraction of sp³-hybridized carbons (Fsp3) is 0.300. The molecule has 148 valence electrons. The van der Waals surface area contributed by atoms with Crippen LogP contribution in [0.25, 0.3) is 15.9 Å². The summed E-state index contributed by atoms with van der Waals surface area (Å²) in [6, 6.07) is 11.4. The monoisotopic (exact) mass is 409 g/mol. The first-order chi connectivity index (χ1) is 13.6. The lowest BCUT2D eigenvalue weighted by molar-refractivity contribution is 0.00578. The molecule has 0 spiro atoms. The molecule has 3 heterocycles. The summed E-state index contributed by atoms with van der Waals surface area (Å²) in [6.45, 7) is 15.0. The summed E-state index contributed by atoms with van der Waals surface area (Å²) in [7, 11) is -4.67. The van der Waals surface area contributed by atoms with E-state index in [0.717, 1.165) is 3.97 Å². The first kappa shape index (κ1) is 19.6. The van der Waals surface area contributed by atoms with Gasteiger partial charge in [0.1, 0.15) is 0 Å². The van der Waals surface area contributed by atoms with Crippen LogP contribution in [-0.4, -0.2) is 35.7 Å². The largest absolute Gasteiger partial charge is 0.497 e. The Labute approximate surface area is 170 Å². The lowest BCUT2D eigenvalue weighted by Crippen LogP contribution is -2.41. The van der Waals surface area contributed by atoms with Gasteiger partial charge in [0, 0.05) is 17.0 Å². The summed E-state index contributed by atoms with van der Waals surface area (Å²) < 4.78 is 39.9. The normalized spacial score (nSPS) is 18.1. The second-order valence-electron chi connectivity index (χ2n) is 7.94. The van der Waals surface area contributed by atoms with E-state index in [1.807, 2.05) is 27.7 Å². The molecule has 9 heteroatoms. The lowest BCUT2D eigenvalue weighted by Gasteiger charge is -2.32. The van der Waals surface area contributed by atoms with Gasteiger partial charge in [0.2, 0.25) is 5.65 Å². The van der Waals surface area contributed by atoms with Crippen LogP contribution in [0.1, 0.15) is 27.7 Å². The van der Waals surface area contributed by atoms with Crippen LogP contribution < -0.4 is 5.46 Å². The average Bonchev–Trinajstić information content (AvgIpc) is 3.16. The molecule has 1 saturated heterocycles. The van der Waals surface area contributed by atoms with Gasteiger partial charge in [-0.1, -0.05) is 30.8 Å². The van der Waals surface area contributed by atoms with Crippen molar-refractivity contribution in [3.8, 4) is 0 Å². The van der Waals surface area contributed by atoms with Crippen LogP contribution >= 0.6 is 0 Å². The van der Waals surface area contributed by atoms with Crippen LogP contribution in [0.4, 0.5) is 5.82 Å². The standard InChI is InChI=1S/C20H20BN3O4S/c1-19(2)20(3,4)28-21(27-19)16-13-24(18-15(16)11-12-17(22-5)23-18)29(25,26)14-9-7-6-8-10-14/h6-13H,1-4H3. The van der Waals surface area contributed by atoms with Gasteiger partial charge in [0.15, 0.2) is 0 Å². The maximum Gasteiger partial charge on any atom is 0.497 e. The van der Waals surface area contributed by atoms with Gasteiger partial charge in [0.25, 0.3) is 15.8 Å². The predicted molar refractivity (Wildman–Crippen MR) is 111 cm³/mol. The second-order valence-corrected chi connectivity index (χ2v) is 9.75. The number of aromatic nitrogens is 2. The number of rotatable bonds is 3. The first-order valence-electron chi connectivity index (χ1n) is 9.12. The topological polar surface area (TPSA) is 74.8 Å². The molecule has 1 aliphatic heterocycles. The molecule has 0 bridgehead atoms. The van der Waals surface area contributed by atoms with E-state index in [1.165, 1.54) is 18.3 Å². The number of nitrogens with zero attached hydrogens (tertiary/aromatic N) is 3. The molecule has 2 aromatic heterocycles. The van der Waals surface area contributed by atoms with E-state index in [9.17, 15) is 8.42 Å². The third-order valence-electron chi connectivity index (χ3n) is 5.56. The van der Waals surface area contributed by atoms with Crippen LogP contribution in [0.15, 0.2) is 53.6 Å². The zero-order valence-corrected chi connectivity index (χ0v) is 17.4. The maximum atomic E-state index is 13.3. The fourth-order valence-corrected chi connectivity index (χ4v) is 4.55. The number of hydrogen-bond acceptors (Lipinski definition) is 5. The summed E-state index contributed by atoms with van der Waals surface area (Å²) >= 11 is 0. The van der Waals surface area contributed by atoms with Gasteiger partial charge in [-0.25, -0.2) is 12.4 Å². The van der Waals surface area contributed by atoms with Crippen LogP contribution in [0, 0.1) is 6.57 Å². The zero-order chi connectivity index (χ0) is 21.0. The quantitative estimate of drug-likeness (QED) is 0.491. The van der Waals surface area contributed by atoms with Crippen molar-refractivity contribution in [3.63, 3.8) is 0 Å². The molecule has 0 N–H and O–H groups in total. The first-order valence-corrected chi connectivity index (χ1v) is 10.6. The SMILES string of the molecule is [C-]#[N+]c1ccc2c(B3OC(C)(C)C(C)(C)O3)cn(S(=O)(=O)c3ccccc3)c2n1. The molecule has 0 amide bonds. The van der Waals surface area contributed by atoms with E-state index >= 15 is 0 Å². The summed E-state index contributed by atoms with van der Waals surface area (Å²) in [5.41, 5.74) is -0.419. The molecule has 1 aromatic carbocycles. The molecule has 0 aliphatic carbocycles. The molecule has 3 aromatic rings. The predicted octanol–water partition coefficient (Wildman–Crippen LogP) is 3.12. The van der Waals surface area contributed by atoms with Crippen molar-refractivity contribution in [1.29, 1.82) is 0 Å². The van der Waals surface area contributed by atoms with E-state index in [1.54, 1.807) is 30.3 Å². The van der Waals surface area contributed by atoms with Crippen molar-refractivity contribution in [1.82, 2.24) is 8.96 Å². The van der Waals surface area contributed by atoms with E-state index in [-0.39, 0.29) is 16.4 Å². The Morgan fingerprint density at radius 2 is 1.66 bits per heavy atom. The van der Waals surface area contributed by atoms with Crippen LogP contribution in [-0.2, 0) is 19.3 Å². The minimum absolute atomic E-state index is 0.112. The average molecular weight is 409 g/mol. The molecule has 7 nitrogen and oxygen atoms in total. The Morgan fingerprint density at radius 3 is 2.24 bits per heavy atom. The molecular formula is C20H20BN3O4S. The molecular weight excluding hydrogens is 389 g/mol. The number of fused-ring (bicyclic) bond motifs is 1. The Balaban J connectivity index is 1.94. The van der Waals surface area contributed by atoms with E-state index in [0.29, 0.717) is 10.8 Å². The molecule has 0 unspecified atom stereocenters. The zero-order valence-electron chi connectivity index (χ0n) is 16.6. The summed E-state index contributed by atoms with van der Waals surface area (Å²) in [4.78, 5) is 7.74. The summed E-state index contributed by atoms with van der Waals surface area (Å²) in [6.07, 6.45) is 1.48. The second kappa shape index (κ2) is 6.42. The summed E-state index contributed by atoms with van der Waals surface area (Å²) in [5.74, 6) is 0.112. The highest BCUT2D eigenvalue weighted by Crippen LogP contribution is 2.37. The molecule has 0 radical (unpaired) electrons. The number of hydrogen-bond donors (Lipinski definition) is 0. The van der Waals surface area contributed by atoms with Crippen molar-refractivity contribution in [2.75, 3.05) is 0 Å². The van der Waals surface area contributed by atoms with Crippen molar-refractivity contribution >= 4 is 39.5 Å². The molecule has 0 atom stereocenters. The third kappa shape index (κ3) is 3.04. The van der Waals surface area contributed by atoms with Crippen LogP contribution in [0.2, 0.25) is 0 Å². The van der Waals surface area contributed by atoms with Gasteiger partial charge in [-0.05, 0) is 45.9 Å². The Bertz CT molecular complexity index is 1230. The minimum Gasteiger partial charge on any atom is -0.399 e. The summed E-state index contributed by atoms with van der Waals surface area (Å²) in [5, 5.41) is 0.565. The minimum atomic E-state index is -3.92. The van der Waals surface area contributed by atoms with Gasteiger partial charge in [-0.3, -0.25) is 0 Å². The molecule has 1 fully saturated rings. The van der Waals surface area contributed by atoms with Gasteiger partial charge < -0.3 is 14.2 Å². The van der Waals surface area contributed by atoms with Crippen molar-refractivity contribution < 1.29 is 17.7 Å². The van der Waals surface area contributed by atoms with Crippen molar-refractivity contribution in [2.45, 2.75) is 43.8 Å². The van der Waals surface area contributed by atoms with E-state index in [2.05, 4.69) is 9.83 Å². The van der Waals surface area contributed by atoms with E-state index < -0.39 is 28.3 Å². The van der Waals surface area contributed by atoms with Gasteiger partial charge in [-0.15, -0.1) is 4.98 Å². The smallest absolute Gasteiger partial charge is 0.399 e. The number of benzene rings is 1. The van der Waals surface area contributed by atoms with Crippen LogP contribution in [0.5, 0.6) is 0 Å². The highest BCUT2D eigenvalue weighted by atomic mass is 32.2. The highest BCUT2D eigenvalue weighted by molar-refractivity contribution is 7.90. The van der Waals surface area contributed by atoms with Gasteiger partial charge in [-0.2, -0.15) is 0 Å². The van der Waals surface area contributed by atoms with E-state index in [4.69, 9.17) is 15.9 Å². The van der Waals surface area contributed by atoms with Crippen molar-refractivity contribution in [2.24, 2.45) is 0 Å². The third-order valence-corrected chi connectivity index (χ3v) is 7.22. The fourth-order valence-electron chi connectivity index (χ4n) is 3.20. The lowest BCUT2D eigenvalue weighted by atomic mass is 9.79. The van der Waals surface area contributed by atoms with Crippen LogP contribution in [0.3, 0.4) is 0 Å². The van der Waals surface area contributed by atoms with Gasteiger partial charge in [0.05, 0.1) is 16.1 Å². The van der Waals surface area contributed by atoms with Crippen molar-refractivity contribution in [3.05, 3.63) is 60.1 Å².